The largest absolute Gasteiger partial charge is 0.339 e. The van der Waals surface area contributed by atoms with Crippen molar-refractivity contribution >= 4 is 5.91 Å². The fourth-order valence-electron chi connectivity index (χ4n) is 2.29. The van der Waals surface area contributed by atoms with Crippen molar-refractivity contribution in [1.29, 1.82) is 0 Å². The van der Waals surface area contributed by atoms with Gasteiger partial charge >= 0.3 is 0 Å². The first-order chi connectivity index (χ1) is 7.60. The monoisotopic (exact) mass is 226 g/mol. The van der Waals surface area contributed by atoms with Gasteiger partial charge in [-0.15, -0.1) is 0 Å². The van der Waals surface area contributed by atoms with Crippen molar-refractivity contribution < 1.29 is 4.79 Å². The van der Waals surface area contributed by atoms with Crippen molar-refractivity contribution in [3.05, 3.63) is 0 Å². The quantitative estimate of drug-likeness (QED) is 0.751. The van der Waals surface area contributed by atoms with E-state index in [1.807, 2.05) is 4.90 Å². The van der Waals surface area contributed by atoms with Crippen LogP contribution in [-0.4, -0.2) is 36.0 Å². The molecule has 94 valence electrons. The zero-order chi connectivity index (χ0) is 12.1. The van der Waals surface area contributed by atoms with E-state index < -0.39 is 0 Å². The Labute approximate surface area is 99.6 Å². The van der Waals surface area contributed by atoms with E-state index in [1.165, 1.54) is 12.8 Å². The topological polar surface area (TPSA) is 32.3 Å². The number of likely N-dealkylation sites (tertiary alicyclic amines) is 1. The Morgan fingerprint density at radius 1 is 1.38 bits per heavy atom. The maximum Gasteiger partial charge on any atom is 0.240 e. The first kappa shape index (κ1) is 13.5. The van der Waals surface area contributed by atoms with Crippen LogP contribution in [0.4, 0.5) is 0 Å². The molecule has 1 heterocycles. The predicted octanol–water partition coefficient (Wildman–Crippen LogP) is 2.02. The number of hydrogen-bond acceptors (Lipinski definition) is 2. The molecule has 16 heavy (non-hydrogen) atoms. The molecule has 0 radical (unpaired) electrons. The minimum atomic E-state index is 0.0722. The van der Waals surface area contributed by atoms with Crippen LogP contribution < -0.4 is 5.32 Å². The minimum Gasteiger partial charge on any atom is -0.339 e. The zero-order valence-corrected chi connectivity index (χ0v) is 11.1. The highest BCUT2D eigenvalue weighted by molar-refractivity contribution is 5.84. The summed E-state index contributed by atoms with van der Waals surface area (Å²) in [5, 5.41) is 3.43. The molecule has 0 bridgehead atoms. The average Bonchev–Trinajstić information content (AvgIpc) is 2.62. The number of carbonyl (C=O) groups excluding carboxylic acids is 1. The first-order valence-electron chi connectivity index (χ1n) is 6.63. The Morgan fingerprint density at radius 3 is 2.44 bits per heavy atom. The zero-order valence-electron chi connectivity index (χ0n) is 11.1. The number of amides is 1. The van der Waals surface area contributed by atoms with Crippen molar-refractivity contribution in [2.75, 3.05) is 13.1 Å². The number of nitrogens with one attached hydrogen (secondary N) is 1. The molecule has 1 fully saturated rings. The van der Waals surface area contributed by atoms with Gasteiger partial charge in [-0.05, 0) is 32.7 Å². The molecule has 0 aromatic carbocycles. The lowest BCUT2D eigenvalue weighted by atomic mass is 10.0. The van der Waals surface area contributed by atoms with Gasteiger partial charge in [-0.3, -0.25) is 4.79 Å². The van der Waals surface area contributed by atoms with Crippen LogP contribution in [-0.2, 0) is 4.79 Å². The molecule has 3 nitrogen and oxygen atoms in total. The van der Waals surface area contributed by atoms with Gasteiger partial charge in [0, 0.05) is 12.6 Å². The molecule has 1 saturated heterocycles. The lowest BCUT2D eigenvalue weighted by molar-refractivity contribution is -0.130. The SMILES string of the molecule is CCC(CC)CNC1CCN(C(C)C)C1=O. The van der Waals surface area contributed by atoms with Gasteiger partial charge in [-0.2, -0.15) is 0 Å². The van der Waals surface area contributed by atoms with Gasteiger partial charge in [-0.25, -0.2) is 0 Å². The van der Waals surface area contributed by atoms with Crippen molar-refractivity contribution in [2.24, 2.45) is 5.92 Å². The normalized spacial score (nSPS) is 21.5. The third-order valence-electron chi connectivity index (χ3n) is 3.67. The molecule has 0 saturated carbocycles. The van der Waals surface area contributed by atoms with Crippen LogP contribution in [0.5, 0.6) is 0 Å². The second-order valence-corrected chi connectivity index (χ2v) is 5.06. The Balaban J connectivity index is 2.37. The molecule has 1 aliphatic rings. The molecule has 1 N–H and O–H groups in total. The summed E-state index contributed by atoms with van der Waals surface area (Å²) in [5.74, 6) is 1.00. The summed E-state index contributed by atoms with van der Waals surface area (Å²) in [7, 11) is 0. The third-order valence-corrected chi connectivity index (χ3v) is 3.67. The molecular weight excluding hydrogens is 200 g/mol. The highest BCUT2D eigenvalue weighted by Gasteiger charge is 2.32. The van der Waals surface area contributed by atoms with Crippen LogP contribution in [0.1, 0.15) is 47.0 Å². The fourth-order valence-corrected chi connectivity index (χ4v) is 2.29. The van der Waals surface area contributed by atoms with Crippen LogP contribution >= 0.6 is 0 Å². The molecule has 1 unspecified atom stereocenters. The van der Waals surface area contributed by atoms with Crippen LogP contribution in [0.2, 0.25) is 0 Å². The number of rotatable bonds is 6. The van der Waals surface area contributed by atoms with Crippen LogP contribution in [0.15, 0.2) is 0 Å². The molecule has 1 rings (SSSR count). The second-order valence-electron chi connectivity index (χ2n) is 5.06. The molecule has 1 amide bonds. The summed E-state index contributed by atoms with van der Waals surface area (Å²) >= 11 is 0. The molecule has 0 aromatic heterocycles. The van der Waals surface area contributed by atoms with Crippen molar-refractivity contribution in [2.45, 2.75) is 59.0 Å². The first-order valence-corrected chi connectivity index (χ1v) is 6.63. The van der Waals surface area contributed by atoms with E-state index in [0.29, 0.717) is 17.9 Å². The maximum atomic E-state index is 12.0. The van der Waals surface area contributed by atoms with Crippen molar-refractivity contribution in [3.63, 3.8) is 0 Å². The lowest BCUT2D eigenvalue weighted by Crippen LogP contribution is -2.42. The van der Waals surface area contributed by atoms with Gasteiger partial charge < -0.3 is 10.2 Å². The molecule has 3 heteroatoms. The summed E-state index contributed by atoms with van der Waals surface area (Å²) < 4.78 is 0. The maximum absolute atomic E-state index is 12.0. The van der Waals surface area contributed by atoms with E-state index in [-0.39, 0.29) is 6.04 Å². The second kappa shape index (κ2) is 6.24. The summed E-state index contributed by atoms with van der Waals surface area (Å²) in [6, 6.07) is 0.412. The summed E-state index contributed by atoms with van der Waals surface area (Å²) in [6.45, 7) is 10.5. The van der Waals surface area contributed by atoms with Crippen LogP contribution in [0.3, 0.4) is 0 Å². The lowest BCUT2D eigenvalue weighted by Gasteiger charge is -2.22. The highest BCUT2D eigenvalue weighted by atomic mass is 16.2. The third kappa shape index (κ3) is 3.21. The molecule has 0 aliphatic carbocycles. The Kier molecular flexibility index (Phi) is 5.26. The van der Waals surface area contributed by atoms with Crippen molar-refractivity contribution in [3.8, 4) is 0 Å². The van der Waals surface area contributed by atoms with Gasteiger partial charge in [0.05, 0.1) is 6.04 Å². The smallest absolute Gasteiger partial charge is 0.240 e. The summed E-state index contributed by atoms with van der Waals surface area (Å²) in [6.07, 6.45) is 3.35. The highest BCUT2D eigenvalue weighted by Crippen LogP contribution is 2.15. The Hall–Kier alpha value is -0.570. The summed E-state index contributed by atoms with van der Waals surface area (Å²) in [4.78, 5) is 14.0. The Bertz CT molecular complexity index is 224. The van der Waals surface area contributed by atoms with Gasteiger partial charge in [0.2, 0.25) is 5.91 Å². The number of nitrogens with zero attached hydrogens (tertiary/aromatic N) is 1. The van der Waals surface area contributed by atoms with Gasteiger partial charge in [-0.1, -0.05) is 26.7 Å². The fraction of sp³-hybridized carbons (Fsp3) is 0.923. The molecule has 1 atom stereocenters. The van der Waals surface area contributed by atoms with E-state index in [9.17, 15) is 4.79 Å². The van der Waals surface area contributed by atoms with Gasteiger partial charge in [0.1, 0.15) is 0 Å². The van der Waals surface area contributed by atoms with E-state index >= 15 is 0 Å². The standard InChI is InChI=1S/C13H26N2O/c1-5-11(6-2)9-14-12-7-8-15(10(3)4)13(12)16/h10-12,14H,5-9H2,1-4H3. The van der Waals surface area contributed by atoms with Crippen LogP contribution in [0, 0.1) is 5.92 Å². The minimum absolute atomic E-state index is 0.0722. The number of hydrogen-bond donors (Lipinski definition) is 1. The average molecular weight is 226 g/mol. The summed E-state index contributed by atoms with van der Waals surface area (Å²) in [5.41, 5.74) is 0. The van der Waals surface area contributed by atoms with E-state index in [2.05, 4.69) is 33.0 Å². The predicted molar refractivity (Wildman–Crippen MR) is 67.3 cm³/mol. The van der Waals surface area contributed by atoms with E-state index in [1.54, 1.807) is 0 Å². The number of carbonyl (C=O) groups is 1. The van der Waals surface area contributed by atoms with Crippen LogP contribution in [0.25, 0.3) is 0 Å². The molecule has 0 spiro atoms. The van der Waals surface area contributed by atoms with Gasteiger partial charge in [0.25, 0.3) is 0 Å². The van der Waals surface area contributed by atoms with Gasteiger partial charge in [0.15, 0.2) is 0 Å². The molecular formula is C13H26N2O. The van der Waals surface area contributed by atoms with E-state index in [0.717, 1.165) is 19.5 Å². The molecule has 0 aromatic rings. The Morgan fingerprint density at radius 2 is 2.00 bits per heavy atom. The van der Waals surface area contributed by atoms with E-state index in [4.69, 9.17) is 0 Å². The molecule has 1 aliphatic heterocycles. The van der Waals surface area contributed by atoms with Crippen molar-refractivity contribution in [1.82, 2.24) is 10.2 Å².